The van der Waals surface area contributed by atoms with E-state index in [9.17, 15) is 0 Å². The van der Waals surface area contributed by atoms with E-state index in [1.165, 1.54) is 0 Å². The minimum Gasteiger partial charge on any atom is -0.456 e. The molecule has 15 heavy (non-hydrogen) atoms. The summed E-state index contributed by atoms with van der Waals surface area (Å²) in [6, 6.07) is 16.6. The molecule has 0 unspecified atom stereocenters. The molecule has 0 aliphatic carbocycles. The van der Waals surface area contributed by atoms with Crippen LogP contribution in [0.2, 0.25) is 0 Å². The lowest BCUT2D eigenvalue weighted by atomic mass is 10.1. The van der Waals surface area contributed by atoms with E-state index in [0.29, 0.717) is 0 Å². The Morgan fingerprint density at radius 1 is 1.00 bits per heavy atom. The van der Waals surface area contributed by atoms with Crippen molar-refractivity contribution in [1.82, 2.24) is 0 Å². The number of benzene rings is 2. The molecule has 1 nitrogen and oxygen atoms in total. The fraction of sp³-hybridized carbons (Fsp3) is 0. The molecule has 2 aromatic carbocycles. The average Bonchev–Trinajstić information content (AvgIpc) is 2.30. The molecule has 0 bridgehead atoms. The summed E-state index contributed by atoms with van der Waals surface area (Å²) in [5.74, 6) is 0. The Morgan fingerprint density at radius 2 is 1.80 bits per heavy atom. The van der Waals surface area contributed by atoms with Crippen LogP contribution < -0.4 is 0 Å². The van der Waals surface area contributed by atoms with Crippen molar-refractivity contribution >= 4 is 34.2 Å². The molecule has 0 amide bonds. The largest absolute Gasteiger partial charge is 0.456 e. The maximum Gasteiger partial charge on any atom is 0.136 e. The van der Waals surface area contributed by atoms with Crippen LogP contribution in [0.3, 0.4) is 0 Å². The van der Waals surface area contributed by atoms with Gasteiger partial charge in [-0.25, -0.2) is 0 Å². The van der Waals surface area contributed by atoms with E-state index in [1.54, 1.807) is 0 Å². The first-order valence-corrected chi connectivity index (χ1v) is 5.09. The summed E-state index contributed by atoms with van der Waals surface area (Å²) in [6.45, 7) is 0. The molecule has 0 N–H and O–H groups in total. The zero-order chi connectivity index (χ0) is 10.3. The van der Waals surface area contributed by atoms with Crippen molar-refractivity contribution in [2.45, 2.75) is 0 Å². The van der Waals surface area contributed by atoms with Crippen molar-refractivity contribution in [3.63, 3.8) is 0 Å². The quantitative estimate of drug-likeness (QED) is 0.410. The number of hydrogen-bond acceptors (Lipinski definition) is 2. The molecule has 0 saturated heterocycles. The zero-order valence-electron chi connectivity index (χ0n) is 7.86. The van der Waals surface area contributed by atoms with Gasteiger partial charge in [-0.1, -0.05) is 36.5 Å². The van der Waals surface area contributed by atoms with Crippen LogP contribution in [0.15, 0.2) is 46.9 Å². The summed E-state index contributed by atoms with van der Waals surface area (Å²) in [4.78, 5) is 0. The summed E-state index contributed by atoms with van der Waals surface area (Å²) in [6.07, 6.45) is 0. The van der Waals surface area contributed by atoms with Gasteiger partial charge in [0.15, 0.2) is 0 Å². The lowest BCUT2D eigenvalue weighted by Crippen LogP contribution is -1.78. The molecule has 3 aromatic rings. The number of hydrogen-bond donors (Lipinski definition) is 0. The highest BCUT2D eigenvalue weighted by Gasteiger charge is 2.02. The van der Waals surface area contributed by atoms with Crippen LogP contribution in [-0.4, -0.2) is 0 Å². The zero-order valence-corrected chi connectivity index (χ0v) is 8.67. The molecule has 0 aliphatic rings. The standard InChI is InChI=1S/C13H7OS/c15-13-9-5-1-3-7-11(9)14-12-8-4-2-6-10(12)13/h1-5,7-8H. The summed E-state index contributed by atoms with van der Waals surface area (Å²) in [5.41, 5.74) is 1.62. The van der Waals surface area contributed by atoms with Crippen LogP contribution in [0, 0.1) is 10.6 Å². The van der Waals surface area contributed by atoms with E-state index in [2.05, 4.69) is 6.07 Å². The van der Waals surface area contributed by atoms with Gasteiger partial charge in [0.2, 0.25) is 0 Å². The summed E-state index contributed by atoms with van der Waals surface area (Å²) in [5, 5.41) is 1.86. The Hall–Kier alpha value is -1.67. The molecule has 1 radical (unpaired) electrons. The summed E-state index contributed by atoms with van der Waals surface area (Å²) < 4.78 is 6.54. The van der Waals surface area contributed by atoms with Crippen molar-refractivity contribution in [2.24, 2.45) is 0 Å². The number of fused-ring (bicyclic) bond motifs is 2. The molecule has 0 saturated carbocycles. The van der Waals surface area contributed by atoms with E-state index in [-0.39, 0.29) is 0 Å². The highest BCUT2D eigenvalue weighted by molar-refractivity contribution is 7.72. The van der Waals surface area contributed by atoms with Crippen LogP contribution in [0.5, 0.6) is 0 Å². The Bertz CT molecular complexity index is 640. The van der Waals surface area contributed by atoms with Crippen LogP contribution in [-0.2, 0) is 0 Å². The normalized spacial score (nSPS) is 10.9. The topological polar surface area (TPSA) is 13.1 Å². The van der Waals surface area contributed by atoms with E-state index >= 15 is 0 Å². The minimum absolute atomic E-state index is 0.793. The molecule has 0 spiro atoms. The molecular formula is C13H7OS. The van der Waals surface area contributed by atoms with Gasteiger partial charge in [-0.3, -0.25) is 0 Å². The van der Waals surface area contributed by atoms with E-state index in [0.717, 1.165) is 26.4 Å². The molecule has 0 aliphatic heterocycles. The van der Waals surface area contributed by atoms with Gasteiger partial charge in [0, 0.05) is 10.8 Å². The predicted octanol–water partition coefficient (Wildman–Crippen LogP) is 4.12. The van der Waals surface area contributed by atoms with Gasteiger partial charge in [-0.15, -0.1) is 0 Å². The van der Waals surface area contributed by atoms with Gasteiger partial charge in [0.25, 0.3) is 0 Å². The first kappa shape index (κ1) is 8.62. The van der Waals surface area contributed by atoms with E-state index in [1.807, 2.05) is 42.5 Å². The SMILES string of the molecule is S=c1c2[c]cccc2oc2ccccc12. The molecule has 71 valence electrons. The van der Waals surface area contributed by atoms with Gasteiger partial charge in [0.05, 0.1) is 4.51 Å². The second kappa shape index (κ2) is 3.17. The fourth-order valence-corrected chi connectivity index (χ4v) is 2.01. The maximum absolute atomic E-state index is 5.73. The molecule has 2 heteroatoms. The van der Waals surface area contributed by atoms with Crippen molar-refractivity contribution in [1.29, 1.82) is 0 Å². The molecule has 0 fully saturated rings. The summed E-state index contributed by atoms with van der Waals surface area (Å²) >= 11 is 5.40. The van der Waals surface area contributed by atoms with E-state index in [4.69, 9.17) is 16.6 Å². The van der Waals surface area contributed by atoms with Gasteiger partial charge >= 0.3 is 0 Å². The monoisotopic (exact) mass is 211 g/mol. The first-order chi connectivity index (χ1) is 7.36. The lowest BCUT2D eigenvalue weighted by Gasteiger charge is -2.00. The highest BCUT2D eigenvalue weighted by atomic mass is 32.1. The van der Waals surface area contributed by atoms with Crippen molar-refractivity contribution in [2.75, 3.05) is 0 Å². The Labute approximate surface area is 92.0 Å². The fourth-order valence-electron chi connectivity index (χ4n) is 1.68. The van der Waals surface area contributed by atoms with Crippen LogP contribution in [0.1, 0.15) is 0 Å². The molecule has 1 aromatic heterocycles. The molecule has 3 rings (SSSR count). The third kappa shape index (κ3) is 1.26. The van der Waals surface area contributed by atoms with Crippen LogP contribution >= 0.6 is 12.2 Å². The Kier molecular flexibility index (Phi) is 1.82. The van der Waals surface area contributed by atoms with Crippen molar-refractivity contribution < 1.29 is 4.42 Å². The van der Waals surface area contributed by atoms with Gasteiger partial charge in [-0.05, 0) is 24.3 Å². The van der Waals surface area contributed by atoms with Crippen molar-refractivity contribution in [3.8, 4) is 0 Å². The van der Waals surface area contributed by atoms with Gasteiger partial charge in [-0.2, -0.15) is 0 Å². The molecule has 1 heterocycles. The maximum atomic E-state index is 5.73. The second-order valence-electron chi connectivity index (χ2n) is 3.34. The third-order valence-corrected chi connectivity index (χ3v) is 2.82. The minimum atomic E-state index is 0.793. The van der Waals surface area contributed by atoms with Crippen molar-refractivity contribution in [3.05, 3.63) is 53.0 Å². The molecule has 0 atom stereocenters. The average molecular weight is 211 g/mol. The smallest absolute Gasteiger partial charge is 0.136 e. The van der Waals surface area contributed by atoms with E-state index < -0.39 is 0 Å². The van der Waals surface area contributed by atoms with Gasteiger partial charge < -0.3 is 4.42 Å². The van der Waals surface area contributed by atoms with Crippen LogP contribution in [0.4, 0.5) is 0 Å². The summed E-state index contributed by atoms with van der Waals surface area (Å²) in [7, 11) is 0. The first-order valence-electron chi connectivity index (χ1n) is 4.68. The highest BCUT2D eigenvalue weighted by Crippen LogP contribution is 2.24. The Balaban J connectivity index is 2.66. The second-order valence-corrected chi connectivity index (χ2v) is 3.74. The Morgan fingerprint density at radius 3 is 2.73 bits per heavy atom. The predicted molar refractivity (Wildman–Crippen MR) is 63.4 cm³/mol. The lowest BCUT2D eigenvalue weighted by molar-refractivity contribution is 0.660. The number of para-hydroxylation sites is 1. The van der Waals surface area contributed by atoms with Gasteiger partial charge in [0.1, 0.15) is 11.2 Å². The third-order valence-electron chi connectivity index (χ3n) is 2.40. The molecular weight excluding hydrogens is 204 g/mol. The number of rotatable bonds is 0. The van der Waals surface area contributed by atoms with Crippen LogP contribution in [0.25, 0.3) is 21.9 Å².